The molecule has 4 N–H and O–H groups in total. The predicted octanol–water partition coefficient (Wildman–Crippen LogP) is 3.06. The molecule has 132 valence electrons. The Bertz CT molecular complexity index is 918. The summed E-state index contributed by atoms with van der Waals surface area (Å²) < 4.78 is 0. The first-order chi connectivity index (χ1) is 12.6. The van der Waals surface area contributed by atoms with Gasteiger partial charge in [-0.15, -0.1) is 0 Å². The highest BCUT2D eigenvalue weighted by Crippen LogP contribution is 2.21. The van der Waals surface area contributed by atoms with Crippen LogP contribution in [0.4, 0.5) is 0 Å². The van der Waals surface area contributed by atoms with E-state index in [4.69, 9.17) is 5.73 Å². The lowest BCUT2D eigenvalue weighted by Crippen LogP contribution is -2.29. The van der Waals surface area contributed by atoms with Gasteiger partial charge in [-0.05, 0) is 30.2 Å². The average molecular weight is 348 g/mol. The maximum absolute atomic E-state index is 12.5. The number of benzene rings is 2. The summed E-state index contributed by atoms with van der Waals surface area (Å²) in [6.07, 6.45) is 2.43. The van der Waals surface area contributed by atoms with Crippen LogP contribution in [-0.2, 0) is 0 Å². The molecule has 0 unspecified atom stereocenters. The smallest absolute Gasteiger partial charge is 0.251 e. The van der Waals surface area contributed by atoms with Crippen molar-refractivity contribution in [2.75, 3.05) is 0 Å². The number of hydrogen-bond acceptors (Lipinski definition) is 3. The van der Waals surface area contributed by atoms with Crippen molar-refractivity contribution < 1.29 is 9.59 Å². The predicted molar refractivity (Wildman–Crippen MR) is 99.5 cm³/mol. The zero-order valence-electron chi connectivity index (χ0n) is 14.4. The molecule has 3 aromatic rings. The molecule has 0 saturated carbocycles. The number of imidazole rings is 1. The number of hydrogen-bond donors (Lipinski definition) is 3. The summed E-state index contributed by atoms with van der Waals surface area (Å²) in [4.78, 5) is 31.5. The van der Waals surface area contributed by atoms with Gasteiger partial charge in [0.05, 0.1) is 17.9 Å². The molecule has 0 aliphatic carbocycles. The van der Waals surface area contributed by atoms with Gasteiger partial charge in [0, 0.05) is 11.1 Å². The zero-order chi connectivity index (χ0) is 18.5. The summed E-state index contributed by atoms with van der Waals surface area (Å²) in [5, 5.41) is 2.95. The van der Waals surface area contributed by atoms with Gasteiger partial charge in [-0.25, -0.2) is 4.98 Å². The molecular formula is C20H20N4O2. The van der Waals surface area contributed by atoms with E-state index in [0.29, 0.717) is 23.4 Å². The second kappa shape index (κ2) is 7.65. The standard InChI is InChI=1S/C20H20N4O2/c1-2-16(19-22-12-17(23-19)13-7-4-3-5-8-13)24-20(26)15-10-6-9-14(11-15)18(21)25/h3-12,16H,2H2,1H3,(H2,21,25)(H,22,23)(H,24,26)/t16-/m0/s1. The van der Waals surface area contributed by atoms with E-state index in [9.17, 15) is 9.59 Å². The van der Waals surface area contributed by atoms with E-state index in [1.54, 1.807) is 24.4 Å². The number of nitrogens with zero attached hydrogens (tertiary/aromatic N) is 1. The van der Waals surface area contributed by atoms with Crippen molar-refractivity contribution in [2.45, 2.75) is 19.4 Å². The van der Waals surface area contributed by atoms with Gasteiger partial charge in [-0.3, -0.25) is 9.59 Å². The number of rotatable bonds is 6. The van der Waals surface area contributed by atoms with Crippen LogP contribution >= 0.6 is 0 Å². The fraction of sp³-hybridized carbons (Fsp3) is 0.150. The lowest BCUT2D eigenvalue weighted by atomic mass is 10.1. The number of nitrogens with one attached hydrogen (secondary N) is 2. The van der Waals surface area contributed by atoms with Crippen molar-refractivity contribution in [3.8, 4) is 11.3 Å². The second-order valence-corrected chi connectivity index (χ2v) is 5.93. The van der Waals surface area contributed by atoms with Crippen LogP contribution < -0.4 is 11.1 Å². The topological polar surface area (TPSA) is 101 Å². The van der Waals surface area contributed by atoms with Gasteiger partial charge in [0.15, 0.2) is 0 Å². The Morgan fingerprint density at radius 2 is 1.85 bits per heavy atom. The molecule has 0 aliphatic rings. The van der Waals surface area contributed by atoms with Crippen molar-refractivity contribution in [1.82, 2.24) is 15.3 Å². The van der Waals surface area contributed by atoms with Gasteiger partial charge in [0.2, 0.25) is 5.91 Å². The molecule has 0 saturated heterocycles. The maximum atomic E-state index is 12.5. The molecule has 0 aliphatic heterocycles. The Labute approximate surface area is 151 Å². The van der Waals surface area contributed by atoms with Gasteiger partial charge >= 0.3 is 0 Å². The van der Waals surface area contributed by atoms with E-state index in [1.165, 1.54) is 6.07 Å². The van der Waals surface area contributed by atoms with Crippen LogP contribution in [0, 0.1) is 0 Å². The highest BCUT2D eigenvalue weighted by atomic mass is 16.2. The minimum absolute atomic E-state index is 0.266. The molecular weight excluding hydrogens is 328 g/mol. The highest BCUT2D eigenvalue weighted by molar-refractivity contribution is 5.99. The van der Waals surface area contributed by atoms with E-state index in [0.717, 1.165) is 11.3 Å². The van der Waals surface area contributed by atoms with Crippen molar-refractivity contribution in [3.63, 3.8) is 0 Å². The molecule has 1 atom stereocenters. The van der Waals surface area contributed by atoms with Gasteiger partial charge in [0.1, 0.15) is 5.82 Å². The minimum atomic E-state index is -0.565. The third-order valence-electron chi connectivity index (χ3n) is 4.13. The fourth-order valence-corrected chi connectivity index (χ4v) is 2.70. The summed E-state index contributed by atoms with van der Waals surface area (Å²) in [5.41, 5.74) is 7.88. The van der Waals surface area contributed by atoms with Crippen LogP contribution in [0.1, 0.15) is 45.9 Å². The highest BCUT2D eigenvalue weighted by Gasteiger charge is 2.18. The van der Waals surface area contributed by atoms with Gasteiger partial charge in [-0.1, -0.05) is 43.3 Å². The Morgan fingerprint density at radius 3 is 2.54 bits per heavy atom. The van der Waals surface area contributed by atoms with Crippen molar-refractivity contribution in [3.05, 3.63) is 77.7 Å². The van der Waals surface area contributed by atoms with Crippen LogP contribution in [0.25, 0.3) is 11.3 Å². The molecule has 2 amide bonds. The molecule has 0 radical (unpaired) electrons. The van der Waals surface area contributed by atoms with Gasteiger partial charge in [-0.2, -0.15) is 0 Å². The van der Waals surface area contributed by atoms with Crippen LogP contribution in [0.3, 0.4) is 0 Å². The third-order valence-corrected chi connectivity index (χ3v) is 4.13. The number of nitrogens with two attached hydrogens (primary N) is 1. The van der Waals surface area contributed by atoms with E-state index in [1.807, 2.05) is 37.3 Å². The molecule has 2 aromatic carbocycles. The van der Waals surface area contributed by atoms with Crippen molar-refractivity contribution >= 4 is 11.8 Å². The number of aromatic nitrogens is 2. The Hall–Kier alpha value is -3.41. The molecule has 0 bridgehead atoms. The third kappa shape index (κ3) is 3.80. The summed E-state index contributed by atoms with van der Waals surface area (Å²) in [6, 6.07) is 15.9. The van der Waals surface area contributed by atoms with Crippen LogP contribution in [-0.4, -0.2) is 21.8 Å². The summed E-state index contributed by atoms with van der Waals surface area (Å²) in [6.45, 7) is 1.97. The monoisotopic (exact) mass is 348 g/mol. The van der Waals surface area contributed by atoms with E-state index in [2.05, 4.69) is 15.3 Å². The molecule has 1 heterocycles. The SMILES string of the molecule is CC[C@H](NC(=O)c1cccc(C(N)=O)c1)c1ncc(-c2ccccc2)[nH]1. The molecule has 3 rings (SSSR count). The quantitative estimate of drug-likeness (QED) is 0.638. The Morgan fingerprint density at radius 1 is 1.12 bits per heavy atom. The summed E-state index contributed by atoms with van der Waals surface area (Å²) in [5.74, 6) is -0.159. The molecule has 1 aromatic heterocycles. The minimum Gasteiger partial charge on any atom is -0.366 e. The molecule has 26 heavy (non-hydrogen) atoms. The number of carbonyl (C=O) groups is 2. The summed E-state index contributed by atoms with van der Waals surface area (Å²) >= 11 is 0. The average Bonchev–Trinajstić information content (AvgIpc) is 3.16. The molecule has 6 nitrogen and oxygen atoms in total. The van der Waals surface area contributed by atoms with Crippen LogP contribution in [0.5, 0.6) is 0 Å². The lowest BCUT2D eigenvalue weighted by molar-refractivity contribution is 0.0934. The number of primary amides is 1. The van der Waals surface area contributed by atoms with Gasteiger partial charge < -0.3 is 16.0 Å². The Kier molecular flexibility index (Phi) is 5.12. The first-order valence-electron chi connectivity index (χ1n) is 8.39. The molecule has 0 spiro atoms. The van der Waals surface area contributed by atoms with Crippen molar-refractivity contribution in [1.29, 1.82) is 0 Å². The number of carbonyl (C=O) groups excluding carboxylic acids is 2. The number of aromatic amines is 1. The van der Waals surface area contributed by atoms with Gasteiger partial charge in [0.25, 0.3) is 5.91 Å². The second-order valence-electron chi connectivity index (χ2n) is 5.93. The lowest BCUT2D eigenvalue weighted by Gasteiger charge is -2.15. The fourth-order valence-electron chi connectivity index (χ4n) is 2.70. The Balaban J connectivity index is 1.77. The molecule has 0 fully saturated rings. The number of H-pyrrole nitrogens is 1. The largest absolute Gasteiger partial charge is 0.366 e. The summed E-state index contributed by atoms with van der Waals surface area (Å²) in [7, 11) is 0. The van der Waals surface area contributed by atoms with E-state index < -0.39 is 5.91 Å². The number of amides is 2. The van der Waals surface area contributed by atoms with E-state index >= 15 is 0 Å². The normalized spacial score (nSPS) is 11.7. The zero-order valence-corrected chi connectivity index (χ0v) is 14.4. The van der Waals surface area contributed by atoms with Crippen molar-refractivity contribution in [2.24, 2.45) is 5.73 Å². The van der Waals surface area contributed by atoms with Crippen LogP contribution in [0.2, 0.25) is 0 Å². The first-order valence-corrected chi connectivity index (χ1v) is 8.39. The molecule has 6 heteroatoms. The van der Waals surface area contributed by atoms with Crippen LogP contribution in [0.15, 0.2) is 60.8 Å². The first kappa shape index (κ1) is 17.4. The van der Waals surface area contributed by atoms with E-state index in [-0.39, 0.29) is 11.9 Å². The maximum Gasteiger partial charge on any atom is 0.251 e.